The third kappa shape index (κ3) is 6.57. The number of para-hydroxylation sites is 2. The molecule has 0 atom stereocenters. The number of halogens is 2. The van der Waals surface area contributed by atoms with Gasteiger partial charge in [0.1, 0.15) is 13.2 Å². The fraction of sp³-hybridized carbons (Fsp3) is 0.318. The van der Waals surface area contributed by atoms with Crippen LogP contribution in [0.2, 0.25) is 0 Å². The summed E-state index contributed by atoms with van der Waals surface area (Å²) in [4.78, 5) is 2.12. The Hall–Kier alpha value is -2.93. The smallest absolute Gasteiger partial charge is 0.165 e. The lowest BCUT2D eigenvalue weighted by atomic mass is 10.3. The summed E-state index contributed by atoms with van der Waals surface area (Å²) in [5.74, 6) is -0.293. The first kappa shape index (κ1) is 20.8. The molecule has 0 spiro atoms. The fourth-order valence-electron chi connectivity index (χ4n) is 2.86. The minimum absolute atomic E-state index is 0.234. The Kier molecular flexibility index (Phi) is 7.58. The number of ether oxygens (including phenoxy) is 2. The summed E-state index contributed by atoms with van der Waals surface area (Å²) >= 11 is 0. The maximum Gasteiger partial charge on any atom is 0.165 e. The third-order valence-electron chi connectivity index (χ3n) is 4.41. The van der Waals surface area contributed by atoms with E-state index in [0.29, 0.717) is 39.4 Å². The van der Waals surface area contributed by atoms with Crippen LogP contribution in [0, 0.1) is 18.6 Å². The van der Waals surface area contributed by atoms with E-state index < -0.39 is 0 Å². The van der Waals surface area contributed by atoms with E-state index in [1.165, 1.54) is 12.1 Å². The first-order valence-electron chi connectivity index (χ1n) is 9.58. The van der Waals surface area contributed by atoms with Gasteiger partial charge in [0.05, 0.1) is 12.7 Å². The Morgan fingerprint density at radius 3 is 1.90 bits per heavy atom. The van der Waals surface area contributed by atoms with Crippen molar-refractivity contribution >= 4 is 0 Å². The molecule has 0 N–H and O–H groups in total. The molecule has 29 heavy (non-hydrogen) atoms. The lowest BCUT2D eigenvalue weighted by Gasteiger charge is -2.22. The minimum Gasteiger partial charge on any atom is -0.489 e. The monoisotopic (exact) mass is 401 g/mol. The molecule has 0 aliphatic carbocycles. The molecule has 0 amide bonds. The van der Waals surface area contributed by atoms with E-state index >= 15 is 0 Å². The highest BCUT2D eigenvalue weighted by Gasteiger charge is 2.09. The van der Waals surface area contributed by atoms with Gasteiger partial charge in [-0.25, -0.2) is 8.78 Å². The van der Waals surface area contributed by atoms with Gasteiger partial charge >= 0.3 is 0 Å². The number of hydrogen-bond donors (Lipinski definition) is 0. The minimum atomic E-state index is -0.381. The first-order valence-corrected chi connectivity index (χ1v) is 9.58. The lowest BCUT2D eigenvalue weighted by Crippen LogP contribution is -2.35. The summed E-state index contributed by atoms with van der Waals surface area (Å²) < 4.78 is 40.4. The van der Waals surface area contributed by atoms with E-state index in [1.54, 1.807) is 36.4 Å². The molecule has 7 heteroatoms. The molecule has 5 nitrogen and oxygen atoms in total. The van der Waals surface area contributed by atoms with Crippen LogP contribution in [0.1, 0.15) is 5.56 Å². The predicted octanol–water partition coefficient (Wildman–Crippen LogP) is 3.93. The first-order chi connectivity index (χ1) is 14.1. The Morgan fingerprint density at radius 1 is 0.862 bits per heavy atom. The molecular formula is C22H25F2N3O2. The normalized spacial score (nSPS) is 11.0. The van der Waals surface area contributed by atoms with Crippen molar-refractivity contribution in [1.29, 1.82) is 0 Å². The molecule has 0 aliphatic heterocycles. The number of aromatic nitrogens is 2. The van der Waals surface area contributed by atoms with Crippen LogP contribution in [0.4, 0.5) is 8.78 Å². The predicted molar refractivity (Wildman–Crippen MR) is 107 cm³/mol. The Bertz CT molecular complexity index is 850. The van der Waals surface area contributed by atoms with Crippen molar-refractivity contribution in [3.05, 3.63) is 78.1 Å². The van der Waals surface area contributed by atoms with E-state index in [1.807, 2.05) is 24.0 Å². The molecule has 0 saturated carbocycles. The molecule has 3 aromatic rings. The number of hydrogen-bond acceptors (Lipinski definition) is 4. The summed E-state index contributed by atoms with van der Waals surface area (Å²) in [5, 5.41) is 4.29. The average molecular weight is 401 g/mol. The molecule has 3 rings (SSSR count). The zero-order valence-corrected chi connectivity index (χ0v) is 16.4. The molecular weight excluding hydrogens is 376 g/mol. The Labute approximate surface area is 169 Å². The Morgan fingerprint density at radius 2 is 1.41 bits per heavy atom. The van der Waals surface area contributed by atoms with E-state index in [-0.39, 0.29) is 23.1 Å². The van der Waals surface area contributed by atoms with Crippen LogP contribution in [-0.2, 0) is 6.54 Å². The van der Waals surface area contributed by atoms with Gasteiger partial charge in [-0.05, 0) is 36.8 Å². The molecule has 154 valence electrons. The highest BCUT2D eigenvalue weighted by Crippen LogP contribution is 2.16. The van der Waals surface area contributed by atoms with E-state index in [2.05, 4.69) is 10.00 Å². The highest BCUT2D eigenvalue weighted by molar-refractivity contribution is 5.24. The van der Waals surface area contributed by atoms with Gasteiger partial charge in [-0.1, -0.05) is 24.3 Å². The van der Waals surface area contributed by atoms with Crippen molar-refractivity contribution in [3.63, 3.8) is 0 Å². The van der Waals surface area contributed by atoms with Gasteiger partial charge in [0.15, 0.2) is 23.1 Å². The van der Waals surface area contributed by atoms with Gasteiger partial charge in [-0.3, -0.25) is 9.58 Å². The van der Waals surface area contributed by atoms with Gasteiger partial charge < -0.3 is 9.47 Å². The van der Waals surface area contributed by atoms with Crippen LogP contribution in [-0.4, -0.2) is 47.5 Å². The largest absolute Gasteiger partial charge is 0.489 e. The van der Waals surface area contributed by atoms with Crippen LogP contribution >= 0.6 is 0 Å². The van der Waals surface area contributed by atoms with Crippen molar-refractivity contribution in [2.24, 2.45) is 0 Å². The SMILES string of the molecule is Cc1cnn(CCN(CCOc2ccccc2F)CCOc2ccccc2F)c1. The Balaban J connectivity index is 1.52. The molecule has 0 aliphatic rings. The van der Waals surface area contributed by atoms with Gasteiger partial charge in [0.2, 0.25) is 0 Å². The van der Waals surface area contributed by atoms with Crippen molar-refractivity contribution < 1.29 is 18.3 Å². The maximum atomic E-state index is 13.7. The molecule has 0 radical (unpaired) electrons. The van der Waals surface area contributed by atoms with Crippen LogP contribution in [0.5, 0.6) is 11.5 Å². The molecule has 0 saturated heterocycles. The van der Waals surface area contributed by atoms with Crippen LogP contribution < -0.4 is 9.47 Å². The number of benzene rings is 2. The van der Waals surface area contributed by atoms with Gasteiger partial charge in [-0.15, -0.1) is 0 Å². The quantitative estimate of drug-likeness (QED) is 0.488. The number of rotatable bonds is 11. The number of nitrogens with zero attached hydrogens (tertiary/aromatic N) is 3. The van der Waals surface area contributed by atoms with Crippen molar-refractivity contribution in [2.45, 2.75) is 13.5 Å². The van der Waals surface area contributed by atoms with Gasteiger partial charge in [0.25, 0.3) is 0 Å². The number of aryl methyl sites for hydroxylation is 1. The second-order valence-corrected chi connectivity index (χ2v) is 6.68. The van der Waals surface area contributed by atoms with Gasteiger partial charge in [-0.2, -0.15) is 5.10 Å². The molecule has 0 unspecified atom stereocenters. The molecule has 0 bridgehead atoms. The second-order valence-electron chi connectivity index (χ2n) is 6.68. The summed E-state index contributed by atoms with van der Waals surface area (Å²) in [7, 11) is 0. The molecule has 0 fully saturated rings. The van der Waals surface area contributed by atoms with Crippen molar-refractivity contribution in [1.82, 2.24) is 14.7 Å². The van der Waals surface area contributed by atoms with E-state index in [4.69, 9.17) is 9.47 Å². The fourth-order valence-corrected chi connectivity index (χ4v) is 2.86. The molecule has 2 aromatic carbocycles. The van der Waals surface area contributed by atoms with Gasteiger partial charge in [0, 0.05) is 25.8 Å². The van der Waals surface area contributed by atoms with E-state index in [0.717, 1.165) is 5.56 Å². The third-order valence-corrected chi connectivity index (χ3v) is 4.41. The standard InChI is InChI=1S/C22H25F2N3O2/c1-18-16-25-27(17-18)11-10-26(12-14-28-21-8-4-2-6-19(21)23)13-15-29-22-9-5-3-7-20(22)24/h2-9,16-17H,10-15H2,1H3. The summed E-state index contributed by atoms with van der Waals surface area (Å²) in [6, 6.07) is 12.7. The summed E-state index contributed by atoms with van der Waals surface area (Å²) in [5.41, 5.74) is 1.10. The maximum absolute atomic E-state index is 13.7. The second kappa shape index (κ2) is 10.6. The molecule has 1 aromatic heterocycles. The summed E-state index contributed by atoms with van der Waals surface area (Å²) in [6.07, 6.45) is 3.79. The van der Waals surface area contributed by atoms with Crippen LogP contribution in [0.25, 0.3) is 0 Å². The lowest BCUT2D eigenvalue weighted by molar-refractivity contribution is 0.167. The van der Waals surface area contributed by atoms with Crippen molar-refractivity contribution in [2.75, 3.05) is 32.8 Å². The average Bonchev–Trinajstić information content (AvgIpc) is 3.13. The molecule has 1 heterocycles. The van der Waals surface area contributed by atoms with Crippen LogP contribution in [0.15, 0.2) is 60.9 Å². The highest BCUT2D eigenvalue weighted by atomic mass is 19.1. The van der Waals surface area contributed by atoms with Crippen LogP contribution in [0.3, 0.4) is 0 Å². The van der Waals surface area contributed by atoms with Crippen molar-refractivity contribution in [3.8, 4) is 11.5 Å². The summed E-state index contributed by atoms with van der Waals surface area (Å²) in [6.45, 7) is 5.23. The topological polar surface area (TPSA) is 39.5 Å². The zero-order valence-electron chi connectivity index (χ0n) is 16.4. The zero-order chi connectivity index (χ0) is 20.5. The van der Waals surface area contributed by atoms with E-state index in [9.17, 15) is 8.78 Å².